The number of hydrogen-bond donors (Lipinski definition) is 1. The normalized spacial score (nSPS) is 14.2. The van der Waals surface area contributed by atoms with E-state index in [9.17, 15) is 19.5 Å². The van der Waals surface area contributed by atoms with Crippen LogP contribution < -0.4 is 0 Å². The fourth-order valence-corrected chi connectivity index (χ4v) is 5.06. The smallest absolute Gasteiger partial charge is 0.362 e. The maximum Gasteiger partial charge on any atom is 0.362 e. The Morgan fingerprint density at radius 3 is 1.46 bits per heavy atom. The van der Waals surface area contributed by atoms with Crippen molar-refractivity contribution in [1.82, 2.24) is 0 Å². The minimum Gasteiger partial charge on any atom is -0.477 e. The van der Waals surface area contributed by atoms with Gasteiger partial charge in [0.25, 0.3) is 0 Å². The minimum atomic E-state index is -0.893. The Bertz CT molecular complexity index is 1240. The number of carboxylic acids is 1. The highest BCUT2D eigenvalue weighted by atomic mass is 16.6. The fourth-order valence-electron chi connectivity index (χ4n) is 5.06. The van der Waals surface area contributed by atoms with E-state index < -0.39 is 18.1 Å². The molecule has 0 saturated heterocycles. The van der Waals surface area contributed by atoms with Gasteiger partial charge in [-0.15, -0.1) is 0 Å². The molecule has 1 N–H and O–H groups in total. The van der Waals surface area contributed by atoms with Gasteiger partial charge in [0.05, 0.1) is 34.4 Å². The molecule has 8 heteroatoms. The maximum atomic E-state index is 12.7. The molecule has 0 aliphatic rings. The number of ether oxygens (including phenoxy) is 3. The van der Waals surface area contributed by atoms with Crippen LogP contribution in [0.15, 0.2) is 109 Å². The fraction of sp³-hybridized carbons (Fsp3) is 0.543. The summed E-state index contributed by atoms with van der Waals surface area (Å²) in [5.74, 6) is -1.58. The number of quaternary nitrogens is 1. The second-order valence-electron chi connectivity index (χ2n) is 14.0. The lowest BCUT2D eigenvalue weighted by molar-refractivity contribution is -0.887. The Kier molecular flexibility index (Phi) is 33.3. The summed E-state index contributed by atoms with van der Waals surface area (Å²) in [6.45, 7) is 4.34. The number of unbranched alkanes of at least 4 members (excludes halogenated alkanes) is 8. The first-order valence-corrected chi connectivity index (χ1v) is 20.0. The van der Waals surface area contributed by atoms with E-state index in [0.29, 0.717) is 19.3 Å². The SMILES string of the molecule is CC/C=C/C=C/C=C/C=C/C=C/CCCCCC(=O)OC(COCCC(C(=O)O)[N+](C)(C)C)COC(=O)CCCCCCC/C=C/C=C/C=C/C=C/CC. The zero-order chi connectivity index (χ0) is 40.0. The molecule has 0 spiro atoms. The summed E-state index contributed by atoms with van der Waals surface area (Å²) in [6, 6.07) is -0.633. The second kappa shape index (κ2) is 36.0. The Balaban J connectivity index is 4.56. The highest BCUT2D eigenvalue weighted by Gasteiger charge is 2.31. The lowest BCUT2D eigenvalue weighted by Gasteiger charge is -2.31. The molecule has 0 bridgehead atoms. The van der Waals surface area contributed by atoms with E-state index in [-0.39, 0.29) is 42.7 Å². The molecule has 2 unspecified atom stereocenters. The number of carbonyl (C=O) groups is 3. The minimum absolute atomic E-state index is 0.0272. The van der Waals surface area contributed by atoms with Gasteiger partial charge in [0.15, 0.2) is 12.1 Å². The third kappa shape index (κ3) is 33.8. The van der Waals surface area contributed by atoms with Crippen molar-refractivity contribution in [3.05, 3.63) is 109 Å². The van der Waals surface area contributed by atoms with Crippen LogP contribution in [-0.4, -0.2) is 80.6 Å². The molecule has 302 valence electrons. The van der Waals surface area contributed by atoms with Gasteiger partial charge in [0.2, 0.25) is 0 Å². The van der Waals surface area contributed by atoms with Crippen molar-refractivity contribution in [3.63, 3.8) is 0 Å². The van der Waals surface area contributed by atoms with Gasteiger partial charge < -0.3 is 23.8 Å². The van der Waals surface area contributed by atoms with Crippen molar-refractivity contribution in [2.45, 2.75) is 122 Å². The van der Waals surface area contributed by atoms with Crippen LogP contribution in [0.4, 0.5) is 0 Å². The van der Waals surface area contributed by atoms with Gasteiger partial charge in [-0.2, -0.15) is 0 Å². The van der Waals surface area contributed by atoms with Crippen LogP contribution >= 0.6 is 0 Å². The van der Waals surface area contributed by atoms with Gasteiger partial charge in [-0.3, -0.25) is 9.59 Å². The molecule has 0 rings (SSSR count). The number of carbonyl (C=O) groups excluding carboxylic acids is 2. The molecular formula is C46H72NO7+. The van der Waals surface area contributed by atoms with E-state index in [4.69, 9.17) is 14.2 Å². The summed E-state index contributed by atoms with van der Waals surface area (Å²) in [4.78, 5) is 36.9. The van der Waals surface area contributed by atoms with Gasteiger partial charge in [0, 0.05) is 19.3 Å². The van der Waals surface area contributed by atoms with E-state index in [2.05, 4.69) is 44.2 Å². The third-order valence-electron chi connectivity index (χ3n) is 8.14. The maximum absolute atomic E-state index is 12.7. The number of esters is 2. The number of hydrogen-bond acceptors (Lipinski definition) is 6. The highest BCUT2D eigenvalue weighted by Crippen LogP contribution is 2.12. The van der Waals surface area contributed by atoms with Crippen LogP contribution in [0.5, 0.6) is 0 Å². The van der Waals surface area contributed by atoms with Crippen molar-refractivity contribution in [3.8, 4) is 0 Å². The molecule has 8 nitrogen and oxygen atoms in total. The van der Waals surface area contributed by atoms with Gasteiger partial charge in [-0.05, 0) is 51.4 Å². The number of carboxylic acid groups (broad SMARTS) is 1. The first kappa shape index (κ1) is 50.0. The predicted octanol–water partition coefficient (Wildman–Crippen LogP) is 10.5. The monoisotopic (exact) mass is 751 g/mol. The molecule has 2 atom stereocenters. The van der Waals surface area contributed by atoms with Gasteiger partial charge in [-0.1, -0.05) is 149 Å². The third-order valence-corrected chi connectivity index (χ3v) is 8.14. The Morgan fingerprint density at radius 1 is 0.556 bits per heavy atom. The van der Waals surface area contributed by atoms with E-state index in [0.717, 1.165) is 70.6 Å². The summed E-state index contributed by atoms with van der Waals surface area (Å²) in [5.41, 5.74) is 0. The average Bonchev–Trinajstić information content (AvgIpc) is 3.12. The first-order chi connectivity index (χ1) is 26.1. The van der Waals surface area contributed by atoms with E-state index in [1.165, 1.54) is 0 Å². The topological polar surface area (TPSA) is 99.1 Å². The van der Waals surface area contributed by atoms with Crippen molar-refractivity contribution in [2.24, 2.45) is 0 Å². The number of aliphatic carboxylic acids is 1. The molecule has 0 aromatic carbocycles. The molecule has 0 aliphatic carbocycles. The Labute approximate surface area is 328 Å². The Morgan fingerprint density at radius 2 is 0.981 bits per heavy atom. The molecule has 0 amide bonds. The summed E-state index contributed by atoms with van der Waals surface area (Å²) in [7, 11) is 5.48. The molecule has 0 aromatic rings. The van der Waals surface area contributed by atoms with Gasteiger partial charge >= 0.3 is 17.9 Å². The van der Waals surface area contributed by atoms with Gasteiger partial charge in [0.1, 0.15) is 6.61 Å². The quantitative estimate of drug-likeness (QED) is 0.0309. The number of nitrogens with zero attached hydrogens (tertiary/aromatic N) is 1. The van der Waals surface area contributed by atoms with Gasteiger partial charge in [-0.25, -0.2) is 4.79 Å². The van der Waals surface area contributed by atoms with Crippen LogP contribution in [0.25, 0.3) is 0 Å². The first-order valence-electron chi connectivity index (χ1n) is 20.0. The molecule has 54 heavy (non-hydrogen) atoms. The predicted molar refractivity (Wildman–Crippen MR) is 224 cm³/mol. The van der Waals surface area contributed by atoms with E-state index in [1.54, 1.807) is 0 Å². The summed E-state index contributed by atoms with van der Waals surface area (Å²) < 4.78 is 17.2. The van der Waals surface area contributed by atoms with Crippen LogP contribution in [0.3, 0.4) is 0 Å². The zero-order valence-corrected chi connectivity index (χ0v) is 34.1. The summed E-state index contributed by atoms with van der Waals surface area (Å²) in [6.07, 6.45) is 48.4. The average molecular weight is 751 g/mol. The molecule has 0 aromatic heterocycles. The van der Waals surface area contributed by atoms with E-state index in [1.807, 2.05) is 100 Å². The molecule has 0 radical (unpaired) electrons. The molecule has 0 fully saturated rings. The summed E-state index contributed by atoms with van der Waals surface area (Å²) in [5, 5.41) is 9.60. The number of rotatable bonds is 33. The van der Waals surface area contributed by atoms with Crippen LogP contribution in [0.2, 0.25) is 0 Å². The Hall–Kier alpha value is -4.01. The summed E-state index contributed by atoms with van der Waals surface area (Å²) >= 11 is 0. The van der Waals surface area contributed by atoms with Crippen molar-refractivity contribution in [1.29, 1.82) is 0 Å². The van der Waals surface area contributed by atoms with Crippen molar-refractivity contribution >= 4 is 17.9 Å². The zero-order valence-electron chi connectivity index (χ0n) is 34.1. The largest absolute Gasteiger partial charge is 0.477 e. The lowest BCUT2D eigenvalue weighted by atomic mass is 10.1. The van der Waals surface area contributed by atoms with E-state index >= 15 is 0 Å². The standard InChI is InChI=1S/C46H71NO7/c1-6-8-10-12-14-16-18-20-22-24-26-28-30-32-34-36-44(48)53-41-42(40-52-39-38-43(46(50)51)47(3,4)5)54-45(49)37-35-33-31-29-27-25-23-21-19-17-15-13-11-9-7-2/h8-23,25,27,42-43H,6-7,24,26,28-41H2,1-5H3/p+1/b10-8+,11-9+,14-12+,15-13+,18-16+,19-17+,22-20+,23-21+,27-25+. The van der Waals surface area contributed by atoms with Crippen molar-refractivity contribution < 1.29 is 38.2 Å². The highest BCUT2D eigenvalue weighted by molar-refractivity contribution is 5.72. The second-order valence-corrected chi connectivity index (χ2v) is 14.0. The number of likely N-dealkylation sites (N-methyl/N-ethyl adjacent to an activating group) is 1. The molecule has 0 saturated carbocycles. The van der Waals surface area contributed by atoms with Crippen LogP contribution in [0.1, 0.15) is 110 Å². The van der Waals surface area contributed by atoms with Crippen LogP contribution in [-0.2, 0) is 28.6 Å². The lowest BCUT2D eigenvalue weighted by Crippen LogP contribution is -2.50. The molecule has 0 heterocycles. The number of allylic oxidation sites excluding steroid dienone is 18. The van der Waals surface area contributed by atoms with Crippen molar-refractivity contribution in [2.75, 3.05) is 41.0 Å². The molecular weight excluding hydrogens is 679 g/mol. The van der Waals surface area contributed by atoms with Crippen LogP contribution in [0, 0.1) is 0 Å². The molecule has 0 aliphatic heterocycles.